The molecule has 0 aliphatic carbocycles. The van der Waals surface area contributed by atoms with Gasteiger partial charge in [-0.25, -0.2) is 9.59 Å². The number of hydrogen-bond acceptors (Lipinski definition) is 4. The first-order valence-corrected chi connectivity index (χ1v) is 6.10. The molecule has 1 amide bonds. The molecule has 1 heterocycles. The minimum Gasteiger partial charge on any atom is -0.464 e. The molecule has 1 atom stereocenters. The van der Waals surface area contributed by atoms with Gasteiger partial charge in [0.25, 0.3) is 0 Å². The molecule has 0 saturated carbocycles. The van der Waals surface area contributed by atoms with E-state index in [1.807, 2.05) is 6.92 Å². The summed E-state index contributed by atoms with van der Waals surface area (Å²) in [6.45, 7) is 9.28. The van der Waals surface area contributed by atoms with E-state index in [0.29, 0.717) is 13.0 Å². The molecule has 0 saturated heterocycles. The highest BCUT2D eigenvalue weighted by atomic mass is 16.6. The van der Waals surface area contributed by atoms with Crippen LogP contribution in [0.15, 0.2) is 11.8 Å². The molecule has 0 N–H and O–H groups in total. The number of rotatable bonds is 2. The fourth-order valence-electron chi connectivity index (χ4n) is 1.71. The van der Waals surface area contributed by atoms with E-state index in [2.05, 4.69) is 0 Å². The third-order valence-electron chi connectivity index (χ3n) is 2.37. The largest absolute Gasteiger partial charge is 0.464 e. The van der Waals surface area contributed by atoms with Gasteiger partial charge in [-0.05, 0) is 34.6 Å². The summed E-state index contributed by atoms with van der Waals surface area (Å²) in [7, 11) is 0. The zero-order chi connectivity index (χ0) is 13.9. The van der Waals surface area contributed by atoms with Crippen LogP contribution in [0.5, 0.6) is 0 Å². The fourth-order valence-corrected chi connectivity index (χ4v) is 1.71. The Hall–Kier alpha value is -1.52. The van der Waals surface area contributed by atoms with E-state index in [1.165, 1.54) is 4.90 Å². The number of amides is 1. The van der Waals surface area contributed by atoms with E-state index in [4.69, 9.17) is 9.47 Å². The van der Waals surface area contributed by atoms with Gasteiger partial charge < -0.3 is 9.47 Å². The van der Waals surface area contributed by atoms with E-state index >= 15 is 0 Å². The molecular weight excluding hydrogens is 234 g/mol. The minimum absolute atomic E-state index is 0.302. The van der Waals surface area contributed by atoms with Crippen LogP contribution < -0.4 is 0 Å². The summed E-state index contributed by atoms with van der Waals surface area (Å²) in [5.41, 5.74) is 0.375. The summed E-state index contributed by atoms with van der Waals surface area (Å²) in [5, 5.41) is 0. The number of esters is 1. The Morgan fingerprint density at radius 3 is 2.56 bits per heavy atom. The van der Waals surface area contributed by atoms with Gasteiger partial charge in [0.05, 0.1) is 6.61 Å². The molecular formula is C13H21NO4. The van der Waals surface area contributed by atoms with Crippen molar-refractivity contribution in [3.8, 4) is 0 Å². The van der Waals surface area contributed by atoms with E-state index in [1.54, 1.807) is 33.9 Å². The van der Waals surface area contributed by atoms with Crippen molar-refractivity contribution in [2.24, 2.45) is 0 Å². The SMILES string of the molecule is CCOC(=O)C1CC(C)=CN1C(=O)OC(C)(C)C. The maximum Gasteiger partial charge on any atom is 0.415 e. The van der Waals surface area contributed by atoms with E-state index < -0.39 is 23.7 Å². The lowest BCUT2D eigenvalue weighted by Crippen LogP contribution is -2.42. The summed E-state index contributed by atoms with van der Waals surface area (Å²) < 4.78 is 10.2. The molecule has 0 aromatic rings. The van der Waals surface area contributed by atoms with Crippen LogP contribution in [0.3, 0.4) is 0 Å². The van der Waals surface area contributed by atoms with E-state index in [9.17, 15) is 9.59 Å². The van der Waals surface area contributed by atoms with Gasteiger partial charge >= 0.3 is 12.1 Å². The molecule has 1 rings (SSSR count). The van der Waals surface area contributed by atoms with Crippen molar-refractivity contribution in [2.75, 3.05) is 6.61 Å². The standard InChI is InChI=1S/C13H21NO4/c1-6-17-11(15)10-7-9(2)8-14(10)12(16)18-13(3,4)5/h8,10H,6-7H2,1-5H3. The van der Waals surface area contributed by atoms with Crippen LogP contribution in [0.1, 0.15) is 41.0 Å². The highest BCUT2D eigenvalue weighted by Gasteiger charge is 2.36. The Bertz CT molecular complexity index is 368. The Labute approximate surface area is 108 Å². The maximum absolute atomic E-state index is 12.0. The van der Waals surface area contributed by atoms with Crippen LogP contribution in [0.2, 0.25) is 0 Å². The number of carbonyl (C=O) groups is 2. The monoisotopic (exact) mass is 255 g/mol. The summed E-state index contributed by atoms with van der Waals surface area (Å²) >= 11 is 0. The van der Waals surface area contributed by atoms with Crippen LogP contribution in [0, 0.1) is 0 Å². The molecule has 5 heteroatoms. The van der Waals surface area contributed by atoms with Gasteiger partial charge in [0.15, 0.2) is 0 Å². The molecule has 0 radical (unpaired) electrons. The molecule has 0 fully saturated rings. The second-order valence-corrected chi connectivity index (χ2v) is 5.34. The van der Waals surface area contributed by atoms with Crippen LogP contribution in [-0.4, -0.2) is 35.2 Å². The first-order chi connectivity index (χ1) is 8.24. The minimum atomic E-state index is -0.597. The van der Waals surface area contributed by atoms with Gasteiger partial charge in [-0.15, -0.1) is 0 Å². The van der Waals surface area contributed by atoms with Gasteiger partial charge in [-0.1, -0.05) is 5.57 Å². The van der Waals surface area contributed by atoms with Gasteiger partial charge in [0, 0.05) is 12.6 Å². The Morgan fingerprint density at radius 1 is 1.44 bits per heavy atom. The molecule has 0 aromatic heterocycles. The van der Waals surface area contributed by atoms with Gasteiger partial charge in [-0.2, -0.15) is 0 Å². The number of ether oxygens (including phenoxy) is 2. The molecule has 0 aromatic carbocycles. The van der Waals surface area contributed by atoms with Crippen molar-refractivity contribution in [2.45, 2.75) is 52.7 Å². The molecule has 102 valence electrons. The third kappa shape index (κ3) is 3.75. The highest BCUT2D eigenvalue weighted by molar-refractivity contribution is 5.83. The number of nitrogens with zero attached hydrogens (tertiary/aromatic N) is 1. The summed E-state index contributed by atoms with van der Waals surface area (Å²) in [6, 6.07) is -0.597. The van der Waals surface area contributed by atoms with Gasteiger partial charge in [0.2, 0.25) is 0 Å². The maximum atomic E-state index is 12.0. The summed E-state index contributed by atoms with van der Waals surface area (Å²) in [4.78, 5) is 25.1. The smallest absolute Gasteiger partial charge is 0.415 e. The molecule has 1 aliphatic heterocycles. The third-order valence-corrected chi connectivity index (χ3v) is 2.37. The zero-order valence-corrected chi connectivity index (χ0v) is 11.6. The van der Waals surface area contributed by atoms with Crippen LogP contribution in [0.4, 0.5) is 4.79 Å². The highest BCUT2D eigenvalue weighted by Crippen LogP contribution is 2.24. The summed E-state index contributed by atoms with van der Waals surface area (Å²) in [5.74, 6) is -0.392. The lowest BCUT2D eigenvalue weighted by Gasteiger charge is -2.26. The molecule has 0 spiro atoms. The van der Waals surface area contributed by atoms with Gasteiger partial charge in [0.1, 0.15) is 11.6 Å². The lowest BCUT2D eigenvalue weighted by molar-refractivity contribution is -0.147. The van der Waals surface area contributed by atoms with E-state index in [-0.39, 0.29) is 0 Å². The zero-order valence-electron chi connectivity index (χ0n) is 11.6. The van der Waals surface area contributed by atoms with Crippen molar-refractivity contribution >= 4 is 12.1 Å². The first kappa shape index (κ1) is 14.5. The van der Waals surface area contributed by atoms with Crippen molar-refractivity contribution in [1.82, 2.24) is 4.90 Å². The van der Waals surface area contributed by atoms with Gasteiger partial charge in [-0.3, -0.25) is 4.90 Å². The second kappa shape index (κ2) is 5.42. The lowest BCUT2D eigenvalue weighted by atomic mass is 10.1. The molecule has 5 nitrogen and oxygen atoms in total. The Balaban J connectivity index is 2.77. The number of carbonyl (C=O) groups excluding carboxylic acids is 2. The second-order valence-electron chi connectivity index (χ2n) is 5.34. The molecule has 1 unspecified atom stereocenters. The molecule has 18 heavy (non-hydrogen) atoms. The quantitative estimate of drug-likeness (QED) is 0.711. The normalized spacial score (nSPS) is 19.5. The molecule has 1 aliphatic rings. The Morgan fingerprint density at radius 2 is 2.06 bits per heavy atom. The number of hydrogen-bond donors (Lipinski definition) is 0. The van der Waals surface area contributed by atoms with Crippen molar-refractivity contribution in [1.29, 1.82) is 0 Å². The molecule has 0 bridgehead atoms. The fraction of sp³-hybridized carbons (Fsp3) is 0.692. The first-order valence-electron chi connectivity index (χ1n) is 6.10. The van der Waals surface area contributed by atoms with Crippen molar-refractivity contribution in [3.05, 3.63) is 11.8 Å². The predicted molar refractivity (Wildman–Crippen MR) is 66.9 cm³/mol. The predicted octanol–water partition coefficient (Wildman–Crippen LogP) is 2.46. The van der Waals surface area contributed by atoms with Crippen LogP contribution in [0.25, 0.3) is 0 Å². The van der Waals surface area contributed by atoms with E-state index in [0.717, 1.165) is 5.57 Å². The van der Waals surface area contributed by atoms with Crippen molar-refractivity contribution < 1.29 is 19.1 Å². The average molecular weight is 255 g/mol. The van der Waals surface area contributed by atoms with Crippen molar-refractivity contribution in [3.63, 3.8) is 0 Å². The topological polar surface area (TPSA) is 55.8 Å². The average Bonchev–Trinajstić information content (AvgIpc) is 2.58. The summed E-state index contributed by atoms with van der Waals surface area (Å²) in [6.07, 6.45) is 1.63. The van der Waals surface area contributed by atoms with Crippen LogP contribution >= 0.6 is 0 Å². The van der Waals surface area contributed by atoms with Crippen LogP contribution in [-0.2, 0) is 14.3 Å². The Kier molecular flexibility index (Phi) is 4.38.